The van der Waals surface area contributed by atoms with Gasteiger partial charge in [-0.05, 0) is 51.3 Å². The van der Waals surface area contributed by atoms with E-state index in [1.165, 1.54) is 12.1 Å². The second-order valence-corrected chi connectivity index (χ2v) is 8.68. The van der Waals surface area contributed by atoms with Gasteiger partial charge in [0.15, 0.2) is 0 Å². The van der Waals surface area contributed by atoms with Gasteiger partial charge >= 0.3 is 0 Å². The minimum atomic E-state index is -0.741. The van der Waals surface area contributed by atoms with Gasteiger partial charge in [-0.2, -0.15) is 0 Å². The standard InChI is InChI=1S/C21H31FN2O2/c1-16-14-23(11-12-24(16)15-20(2,3)26)19(25)21(9-4-5-10-21)17-7-6-8-18(22)13-17/h6-8,13,16,26H,4-5,9-12,14-15H2,1-3H3/t16-/m1/s1. The molecule has 0 unspecified atom stereocenters. The fourth-order valence-electron chi connectivity index (χ4n) is 4.60. The first kappa shape index (κ1) is 19.3. The molecule has 1 heterocycles. The molecule has 1 aromatic carbocycles. The van der Waals surface area contributed by atoms with Crippen molar-refractivity contribution in [2.45, 2.75) is 63.5 Å². The average Bonchev–Trinajstić information content (AvgIpc) is 3.06. The van der Waals surface area contributed by atoms with E-state index >= 15 is 0 Å². The molecule has 1 aromatic rings. The van der Waals surface area contributed by atoms with E-state index in [0.29, 0.717) is 19.6 Å². The first-order chi connectivity index (χ1) is 12.2. The van der Waals surface area contributed by atoms with Crippen LogP contribution >= 0.6 is 0 Å². The lowest BCUT2D eigenvalue weighted by molar-refractivity contribution is -0.140. The topological polar surface area (TPSA) is 43.8 Å². The van der Waals surface area contributed by atoms with E-state index in [0.717, 1.165) is 37.8 Å². The quantitative estimate of drug-likeness (QED) is 0.896. The Morgan fingerprint density at radius 1 is 1.31 bits per heavy atom. The van der Waals surface area contributed by atoms with Crippen LogP contribution in [0.15, 0.2) is 24.3 Å². The Kier molecular flexibility index (Phi) is 5.40. The van der Waals surface area contributed by atoms with Crippen molar-refractivity contribution in [2.75, 3.05) is 26.2 Å². The maximum atomic E-state index is 13.8. The monoisotopic (exact) mass is 362 g/mol. The number of hydrogen-bond donors (Lipinski definition) is 1. The third kappa shape index (κ3) is 3.94. The minimum Gasteiger partial charge on any atom is -0.389 e. The van der Waals surface area contributed by atoms with Crippen LogP contribution in [0.5, 0.6) is 0 Å². The fourth-order valence-corrected chi connectivity index (χ4v) is 4.60. The highest BCUT2D eigenvalue weighted by molar-refractivity contribution is 5.88. The van der Waals surface area contributed by atoms with Crippen LogP contribution in [0.1, 0.15) is 52.0 Å². The van der Waals surface area contributed by atoms with Crippen molar-refractivity contribution in [3.05, 3.63) is 35.6 Å². The summed E-state index contributed by atoms with van der Waals surface area (Å²) in [6, 6.07) is 6.79. The van der Waals surface area contributed by atoms with Gasteiger partial charge in [-0.15, -0.1) is 0 Å². The van der Waals surface area contributed by atoms with Crippen molar-refractivity contribution in [2.24, 2.45) is 0 Å². The number of rotatable bonds is 4. The first-order valence-corrected chi connectivity index (χ1v) is 9.73. The molecule has 3 rings (SSSR count). The number of amides is 1. The van der Waals surface area contributed by atoms with Crippen molar-refractivity contribution in [1.82, 2.24) is 9.80 Å². The lowest BCUT2D eigenvalue weighted by atomic mass is 9.77. The van der Waals surface area contributed by atoms with Gasteiger partial charge in [-0.25, -0.2) is 4.39 Å². The summed E-state index contributed by atoms with van der Waals surface area (Å²) >= 11 is 0. The Balaban J connectivity index is 1.77. The number of carbonyl (C=O) groups is 1. The number of carbonyl (C=O) groups excluding carboxylic acids is 1. The van der Waals surface area contributed by atoms with Crippen LogP contribution in [-0.2, 0) is 10.2 Å². The van der Waals surface area contributed by atoms with Crippen molar-refractivity contribution < 1.29 is 14.3 Å². The van der Waals surface area contributed by atoms with Crippen LogP contribution in [-0.4, -0.2) is 58.6 Å². The number of piperazine rings is 1. The Labute approximate surface area is 156 Å². The summed E-state index contributed by atoms with van der Waals surface area (Å²) in [5.74, 6) is -0.125. The van der Waals surface area contributed by atoms with Gasteiger partial charge in [0.25, 0.3) is 0 Å². The third-order valence-electron chi connectivity index (χ3n) is 5.89. The number of benzene rings is 1. The SMILES string of the molecule is C[C@@H]1CN(C(=O)C2(c3cccc(F)c3)CCCC2)CCN1CC(C)(C)O. The number of β-amino-alcohol motifs (C(OH)–C–C–N with tert-alkyl or cyclic N) is 1. The molecule has 144 valence electrons. The number of aliphatic hydroxyl groups is 1. The maximum absolute atomic E-state index is 13.8. The van der Waals surface area contributed by atoms with Gasteiger partial charge in [0, 0.05) is 32.2 Å². The molecule has 2 aliphatic rings. The normalized spacial score (nSPS) is 24.0. The summed E-state index contributed by atoms with van der Waals surface area (Å²) in [7, 11) is 0. The molecule has 0 aromatic heterocycles. The van der Waals surface area contributed by atoms with E-state index < -0.39 is 11.0 Å². The Morgan fingerprint density at radius 3 is 2.58 bits per heavy atom. The summed E-state index contributed by atoms with van der Waals surface area (Å²) in [5.41, 5.74) is -0.485. The van der Waals surface area contributed by atoms with Gasteiger partial charge in [-0.1, -0.05) is 25.0 Å². The summed E-state index contributed by atoms with van der Waals surface area (Å²) in [6.45, 7) is 8.42. The zero-order valence-electron chi connectivity index (χ0n) is 16.2. The summed E-state index contributed by atoms with van der Waals surface area (Å²) in [5, 5.41) is 10.1. The molecule has 1 aliphatic heterocycles. The largest absolute Gasteiger partial charge is 0.389 e. The summed E-state index contributed by atoms with van der Waals surface area (Å²) < 4.78 is 13.8. The molecular weight excluding hydrogens is 331 g/mol. The fraction of sp³-hybridized carbons (Fsp3) is 0.667. The van der Waals surface area contributed by atoms with E-state index in [1.54, 1.807) is 6.07 Å². The molecule has 0 spiro atoms. The molecule has 1 saturated carbocycles. The predicted molar refractivity (Wildman–Crippen MR) is 100 cm³/mol. The third-order valence-corrected chi connectivity index (χ3v) is 5.89. The predicted octanol–water partition coefficient (Wildman–Crippen LogP) is 2.94. The Bertz CT molecular complexity index is 650. The summed E-state index contributed by atoms with van der Waals surface area (Å²) in [6.07, 6.45) is 3.62. The lowest BCUT2D eigenvalue weighted by Gasteiger charge is -2.44. The van der Waals surface area contributed by atoms with Crippen molar-refractivity contribution in [3.63, 3.8) is 0 Å². The van der Waals surface area contributed by atoms with Crippen LogP contribution in [0.3, 0.4) is 0 Å². The van der Waals surface area contributed by atoms with Crippen molar-refractivity contribution in [3.8, 4) is 0 Å². The van der Waals surface area contributed by atoms with E-state index in [4.69, 9.17) is 0 Å². The minimum absolute atomic E-state index is 0.148. The Hall–Kier alpha value is -1.46. The lowest BCUT2D eigenvalue weighted by Crippen LogP contribution is -2.59. The average molecular weight is 362 g/mol. The number of hydrogen-bond acceptors (Lipinski definition) is 3. The molecule has 1 N–H and O–H groups in total. The van der Waals surface area contributed by atoms with Crippen molar-refractivity contribution >= 4 is 5.91 Å². The zero-order valence-corrected chi connectivity index (χ0v) is 16.2. The number of nitrogens with zero attached hydrogens (tertiary/aromatic N) is 2. The van der Waals surface area contributed by atoms with E-state index in [2.05, 4.69) is 11.8 Å². The van der Waals surface area contributed by atoms with Gasteiger partial charge in [0.1, 0.15) is 5.82 Å². The molecular formula is C21H31FN2O2. The van der Waals surface area contributed by atoms with Crippen LogP contribution in [0.2, 0.25) is 0 Å². The van der Waals surface area contributed by atoms with Gasteiger partial charge < -0.3 is 10.0 Å². The molecule has 26 heavy (non-hydrogen) atoms. The van der Waals surface area contributed by atoms with Crippen LogP contribution < -0.4 is 0 Å². The molecule has 1 amide bonds. The smallest absolute Gasteiger partial charge is 0.233 e. The maximum Gasteiger partial charge on any atom is 0.233 e. The van der Waals surface area contributed by atoms with Crippen molar-refractivity contribution in [1.29, 1.82) is 0 Å². The number of halogens is 1. The van der Waals surface area contributed by atoms with E-state index in [9.17, 15) is 14.3 Å². The molecule has 1 aliphatic carbocycles. The van der Waals surface area contributed by atoms with E-state index in [1.807, 2.05) is 24.8 Å². The van der Waals surface area contributed by atoms with Gasteiger partial charge in [0.2, 0.25) is 5.91 Å². The molecule has 5 heteroatoms. The van der Waals surface area contributed by atoms with Gasteiger partial charge in [0.05, 0.1) is 11.0 Å². The highest BCUT2D eigenvalue weighted by atomic mass is 19.1. The molecule has 0 radical (unpaired) electrons. The second kappa shape index (κ2) is 7.28. The molecule has 4 nitrogen and oxygen atoms in total. The van der Waals surface area contributed by atoms with Crippen LogP contribution in [0.4, 0.5) is 4.39 Å². The van der Waals surface area contributed by atoms with Crippen LogP contribution in [0.25, 0.3) is 0 Å². The summed E-state index contributed by atoms with van der Waals surface area (Å²) in [4.78, 5) is 17.7. The molecule has 2 fully saturated rings. The van der Waals surface area contributed by atoms with Gasteiger partial charge in [-0.3, -0.25) is 9.69 Å². The highest BCUT2D eigenvalue weighted by Crippen LogP contribution is 2.43. The molecule has 1 saturated heterocycles. The second-order valence-electron chi connectivity index (χ2n) is 8.68. The zero-order chi connectivity index (χ0) is 18.9. The van der Waals surface area contributed by atoms with E-state index in [-0.39, 0.29) is 17.8 Å². The molecule has 0 bridgehead atoms. The molecule has 1 atom stereocenters. The first-order valence-electron chi connectivity index (χ1n) is 9.73. The van der Waals surface area contributed by atoms with Crippen LogP contribution in [0, 0.1) is 5.82 Å². The highest BCUT2D eigenvalue weighted by Gasteiger charge is 2.46. The Morgan fingerprint density at radius 2 is 2.00 bits per heavy atom.